The van der Waals surface area contributed by atoms with Crippen LogP contribution in [0.5, 0.6) is 0 Å². The molecule has 1 heteroatoms. The predicted octanol–water partition coefficient (Wildman–Crippen LogP) is 3.39. The summed E-state index contributed by atoms with van der Waals surface area (Å²) in [6, 6.07) is 6.78. The van der Waals surface area contributed by atoms with Crippen molar-refractivity contribution < 1.29 is 0 Å². The minimum absolute atomic E-state index is 1.09. The quantitative estimate of drug-likeness (QED) is 0.727. The molecule has 0 unspecified atom stereocenters. The van der Waals surface area contributed by atoms with Gasteiger partial charge in [0.1, 0.15) is 0 Å². The van der Waals surface area contributed by atoms with E-state index in [2.05, 4.69) is 41.7 Å². The first kappa shape index (κ1) is 8.78. The molecule has 0 spiro atoms. The van der Waals surface area contributed by atoms with Gasteiger partial charge in [-0.1, -0.05) is 30.4 Å². The van der Waals surface area contributed by atoms with E-state index < -0.39 is 0 Å². The molecule has 1 N–H and O–H groups in total. The highest BCUT2D eigenvalue weighted by Gasteiger charge is 2.11. The summed E-state index contributed by atoms with van der Waals surface area (Å²) >= 11 is 0. The normalized spacial score (nSPS) is 18.3. The van der Waals surface area contributed by atoms with Gasteiger partial charge in [-0.05, 0) is 42.0 Å². The summed E-state index contributed by atoms with van der Waals surface area (Å²) in [7, 11) is 0. The molecule has 3 rings (SSSR count). The van der Waals surface area contributed by atoms with Crippen molar-refractivity contribution in [3.8, 4) is 0 Å². The Labute approximate surface area is 90.5 Å². The van der Waals surface area contributed by atoms with Gasteiger partial charge in [0.15, 0.2) is 0 Å². The zero-order chi connectivity index (χ0) is 10.1. The Morgan fingerprint density at radius 1 is 1.13 bits per heavy atom. The highest BCUT2D eigenvalue weighted by Crippen LogP contribution is 2.28. The highest BCUT2D eigenvalue weighted by molar-refractivity contribution is 5.77. The molecule has 1 aliphatic carbocycles. The SMILES string of the molecule is C1=CC(c2ccc3c(c2)NCC3)=CCC1. The maximum atomic E-state index is 3.43. The molecule has 1 aromatic carbocycles. The van der Waals surface area contributed by atoms with E-state index in [4.69, 9.17) is 0 Å². The first-order valence-electron chi connectivity index (χ1n) is 5.67. The second kappa shape index (κ2) is 3.58. The molecule has 15 heavy (non-hydrogen) atoms. The van der Waals surface area contributed by atoms with Crippen LogP contribution in [0.3, 0.4) is 0 Å². The third-order valence-corrected chi connectivity index (χ3v) is 3.15. The average Bonchev–Trinajstić information content (AvgIpc) is 2.77. The number of rotatable bonds is 1. The van der Waals surface area contributed by atoms with E-state index in [0.717, 1.165) is 6.54 Å². The number of benzene rings is 1. The Kier molecular flexibility index (Phi) is 2.09. The van der Waals surface area contributed by atoms with Crippen LogP contribution in [0.2, 0.25) is 0 Å². The van der Waals surface area contributed by atoms with Crippen LogP contribution < -0.4 is 5.32 Å². The maximum Gasteiger partial charge on any atom is 0.0379 e. The van der Waals surface area contributed by atoms with Gasteiger partial charge in [-0.3, -0.25) is 0 Å². The predicted molar refractivity (Wildman–Crippen MR) is 65.0 cm³/mol. The van der Waals surface area contributed by atoms with Gasteiger partial charge in [-0.25, -0.2) is 0 Å². The van der Waals surface area contributed by atoms with Gasteiger partial charge >= 0.3 is 0 Å². The topological polar surface area (TPSA) is 12.0 Å². The van der Waals surface area contributed by atoms with E-state index in [1.807, 2.05) is 0 Å². The van der Waals surface area contributed by atoms with E-state index in [1.165, 1.54) is 41.6 Å². The van der Waals surface area contributed by atoms with Crippen LogP contribution >= 0.6 is 0 Å². The molecule has 0 fully saturated rings. The monoisotopic (exact) mass is 197 g/mol. The van der Waals surface area contributed by atoms with Gasteiger partial charge in [0.2, 0.25) is 0 Å². The van der Waals surface area contributed by atoms with Gasteiger partial charge in [-0.2, -0.15) is 0 Å². The first-order chi connectivity index (χ1) is 7.43. The molecule has 1 nitrogen and oxygen atoms in total. The molecular formula is C14H15N. The van der Waals surface area contributed by atoms with Gasteiger partial charge in [-0.15, -0.1) is 0 Å². The minimum atomic E-state index is 1.09. The summed E-state index contributed by atoms with van der Waals surface area (Å²) < 4.78 is 0. The summed E-state index contributed by atoms with van der Waals surface area (Å²) in [4.78, 5) is 0. The van der Waals surface area contributed by atoms with E-state index in [1.54, 1.807) is 0 Å². The summed E-state index contributed by atoms with van der Waals surface area (Å²) in [5.74, 6) is 0. The number of hydrogen-bond donors (Lipinski definition) is 1. The van der Waals surface area contributed by atoms with Crippen LogP contribution in [0.25, 0.3) is 5.57 Å². The molecule has 0 saturated carbocycles. The largest absolute Gasteiger partial charge is 0.384 e. The van der Waals surface area contributed by atoms with Gasteiger partial charge in [0, 0.05) is 12.2 Å². The molecule has 0 amide bonds. The third kappa shape index (κ3) is 1.58. The molecule has 0 bridgehead atoms. The lowest BCUT2D eigenvalue weighted by Gasteiger charge is -2.09. The van der Waals surface area contributed by atoms with E-state index in [-0.39, 0.29) is 0 Å². The van der Waals surface area contributed by atoms with Crippen molar-refractivity contribution in [3.05, 3.63) is 47.6 Å². The lowest BCUT2D eigenvalue weighted by Crippen LogP contribution is -1.92. The number of hydrogen-bond acceptors (Lipinski definition) is 1. The highest BCUT2D eigenvalue weighted by atomic mass is 14.9. The van der Waals surface area contributed by atoms with Crippen molar-refractivity contribution in [1.29, 1.82) is 0 Å². The Morgan fingerprint density at radius 2 is 2.13 bits per heavy atom. The smallest absolute Gasteiger partial charge is 0.0379 e. The first-order valence-corrected chi connectivity index (χ1v) is 5.67. The zero-order valence-corrected chi connectivity index (χ0v) is 8.79. The summed E-state index contributed by atoms with van der Waals surface area (Å²) in [6.45, 7) is 1.09. The molecule has 0 atom stereocenters. The maximum absolute atomic E-state index is 3.43. The average molecular weight is 197 g/mol. The molecule has 76 valence electrons. The van der Waals surface area contributed by atoms with Crippen molar-refractivity contribution in [1.82, 2.24) is 0 Å². The van der Waals surface area contributed by atoms with E-state index >= 15 is 0 Å². The Morgan fingerprint density at radius 3 is 3.00 bits per heavy atom. The molecule has 0 radical (unpaired) electrons. The number of allylic oxidation sites excluding steroid dienone is 4. The van der Waals surface area contributed by atoms with E-state index in [0.29, 0.717) is 0 Å². The minimum Gasteiger partial charge on any atom is -0.384 e. The van der Waals surface area contributed by atoms with Crippen molar-refractivity contribution in [2.75, 3.05) is 11.9 Å². The number of anilines is 1. The van der Waals surface area contributed by atoms with Crippen molar-refractivity contribution in [2.45, 2.75) is 19.3 Å². The van der Waals surface area contributed by atoms with Crippen LogP contribution in [-0.2, 0) is 6.42 Å². The lowest BCUT2D eigenvalue weighted by atomic mass is 9.98. The zero-order valence-electron chi connectivity index (χ0n) is 8.79. The van der Waals surface area contributed by atoms with Crippen molar-refractivity contribution >= 4 is 11.3 Å². The van der Waals surface area contributed by atoms with Crippen LogP contribution in [0.1, 0.15) is 24.0 Å². The Bertz CT molecular complexity index is 441. The molecule has 2 aliphatic rings. The molecule has 1 aliphatic heterocycles. The Hall–Kier alpha value is -1.50. The summed E-state index contributed by atoms with van der Waals surface area (Å²) in [5.41, 5.74) is 5.50. The fourth-order valence-corrected chi connectivity index (χ4v) is 2.30. The fourth-order valence-electron chi connectivity index (χ4n) is 2.30. The second-order valence-corrected chi connectivity index (χ2v) is 4.19. The summed E-state index contributed by atoms with van der Waals surface area (Å²) in [6.07, 6.45) is 10.4. The second-order valence-electron chi connectivity index (χ2n) is 4.19. The van der Waals surface area contributed by atoms with E-state index in [9.17, 15) is 0 Å². The fraction of sp³-hybridized carbons (Fsp3) is 0.286. The van der Waals surface area contributed by atoms with Crippen molar-refractivity contribution in [2.24, 2.45) is 0 Å². The lowest BCUT2D eigenvalue weighted by molar-refractivity contribution is 1.04. The van der Waals surface area contributed by atoms with Gasteiger partial charge < -0.3 is 5.32 Å². The third-order valence-electron chi connectivity index (χ3n) is 3.15. The van der Waals surface area contributed by atoms with Crippen LogP contribution in [-0.4, -0.2) is 6.54 Å². The van der Waals surface area contributed by atoms with Crippen LogP contribution in [0, 0.1) is 0 Å². The molecule has 1 aromatic rings. The Balaban J connectivity index is 1.99. The molecular weight excluding hydrogens is 182 g/mol. The van der Waals surface area contributed by atoms with Gasteiger partial charge in [0.05, 0.1) is 0 Å². The summed E-state index contributed by atoms with van der Waals surface area (Å²) in [5, 5.41) is 3.43. The standard InChI is InChI=1S/C14H15N/c1-2-4-11(5-3-1)13-7-6-12-8-9-15-14(12)10-13/h2,4-7,10,15H,1,3,8-9H2. The van der Waals surface area contributed by atoms with Gasteiger partial charge in [0.25, 0.3) is 0 Å². The number of fused-ring (bicyclic) bond motifs is 1. The molecule has 0 saturated heterocycles. The van der Waals surface area contributed by atoms with Crippen LogP contribution in [0.4, 0.5) is 5.69 Å². The molecule has 1 heterocycles. The van der Waals surface area contributed by atoms with Crippen molar-refractivity contribution in [3.63, 3.8) is 0 Å². The van der Waals surface area contributed by atoms with Crippen LogP contribution in [0.15, 0.2) is 36.4 Å². The number of nitrogens with one attached hydrogen (secondary N) is 1. The molecule has 0 aromatic heterocycles.